The number of nitrogens with one attached hydrogen (secondary N) is 1. The minimum Gasteiger partial charge on any atom is -0.478 e. The molecule has 0 saturated carbocycles. The van der Waals surface area contributed by atoms with Gasteiger partial charge in [-0.2, -0.15) is 4.98 Å². The summed E-state index contributed by atoms with van der Waals surface area (Å²) in [5, 5.41) is 11.4. The number of carbonyl (C=O) groups excluding carboxylic acids is 1. The molecule has 1 aliphatic heterocycles. The van der Waals surface area contributed by atoms with E-state index in [-0.39, 0.29) is 23.1 Å². The van der Waals surface area contributed by atoms with Gasteiger partial charge in [0.15, 0.2) is 5.58 Å². The smallest absolute Gasteiger partial charge is 0.335 e. The summed E-state index contributed by atoms with van der Waals surface area (Å²) in [4.78, 5) is 29.8. The number of oxazole rings is 1. The highest BCUT2D eigenvalue weighted by Crippen LogP contribution is 2.27. The van der Waals surface area contributed by atoms with Crippen LogP contribution in [-0.2, 0) is 4.79 Å². The topological polar surface area (TPSA) is 95.7 Å². The van der Waals surface area contributed by atoms with E-state index >= 15 is 0 Å². The number of fused-ring (bicyclic) bond motifs is 1. The van der Waals surface area contributed by atoms with Crippen LogP contribution in [0.1, 0.15) is 23.2 Å². The largest absolute Gasteiger partial charge is 0.478 e. The fourth-order valence-corrected chi connectivity index (χ4v) is 3.31. The Bertz CT molecular complexity index is 1010. The molecule has 1 amide bonds. The summed E-state index contributed by atoms with van der Waals surface area (Å²) in [6.07, 6.45) is 1.17. The molecule has 0 spiro atoms. The second kappa shape index (κ2) is 7.30. The van der Waals surface area contributed by atoms with Crippen LogP contribution in [0.15, 0.2) is 46.9 Å². The molecule has 2 heterocycles. The third-order valence-electron chi connectivity index (χ3n) is 4.89. The Morgan fingerprint density at radius 2 is 1.93 bits per heavy atom. The van der Waals surface area contributed by atoms with Crippen molar-refractivity contribution in [3.05, 3.63) is 53.8 Å². The van der Waals surface area contributed by atoms with Crippen molar-refractivity contribution in [2.24, 2.45) is 5.92 Å². The predicted octanol–water partition coefficient (Wildman–Crippen LogP) is 3.52. The SMILES string of the molecule is O=C(O)c1ccc(NC(=O)C2CCN(c3nc4ccccc4o3)CC2)c(F)c1. The molecule has 2 aromatic carbocycles. The molecule has 0 bridgehead atoms. The first-order valence-electron chi connectivity index (χ1n) is 8.95. The van der Waals surface area contributed by atoms with Crippen LogP contribution >= 0.6 is 0 Å². The summed E-state index contributed by atoms with van der Waals surface area (Å²) in [7, 11) is 0. The fraction of sp³-hybridized carbons (Fsp3) is 0.250. The van der Waals surface area contributed by atoms with Crippen molar-refractivity contribution in [3.63, 3.8) is 0 Å². The Morgan fingerprint density at radius 1 is 1.18 bits per heavy atom. The number of nitrogens with zero attached hydrogens (tertiary/aromatic N) is 2. The second-order valence-electron chi connectivity index (χ2n) is 6.71. The van der Waals surface area contributed by atoms with Gasteiger partial charge in [0.2, 0.25) is 5.91 Å². The van der Waals surface area contributed by atoms with E-state index in [2.05, 4.69) is 10.3 Å². The Morgan fingerprint density at radius 3 is 2.61 bits per heavy atom. The maximum Gasteiger partial charge on any atom is 0.335 e. The Balaban J connectivity index is 1.38. The minimum absolute atomic E-state index is 0.0172. The molecule has 1 fully saturated rings. The van der Waals surface area contributed by atoms with E-state index in [1.807, 2.05) is 29.2 Å². The zero-order chi connectivity index (χ0) is 19.7. The summed E-state index contributed by atoms with van der Waals surface area (Å²) in [6, 6.07) is 11.5. The lowest BCUT2D eigenvalue weighted by molar-refractivity contribution is -0.120. The number of hydrogen-bond acceptors (Lipinski definition) is 5. The number of carbonyl (C=O) groups is 2. The van der Waals surface area contributed by atoms with Crippen molar-refractivity contribution < 1.29 is 23.5 Å². The van der Waals surface area contributed by atoms with Crippen molar-refractivity contribution >= 4 is 34.7 Å². The number of rotatable bonds is 4. The molecule has 8 heteroatoms. The number of aromatic nitrogens is 1. The van der Waals surface area contributed by atoms with Crippen molar-refractivity contribution in [1.29, 1.82) is 0 Å². The second-order valence-corrected chi connectivity index (χ2v) is 6.71. The summed E-state index contributed by atoms with van der Waals surface area (Å²) in [6.45, 7) is 1.21. The molecule has 0 unspecified atom stereocenters. The van der Waals surface area contributed by atoms with Crippen LogP contribution in [0.5, 0.6) is 0 Å². The first-order valence-corrected chi connectivity index (χ1v) is 8.95. The van der Waals surface area contributed by atoms with Gasteiger partial charge < -0.3 is 19.7 Å². The number of benzene rings is 2. The van der Waals surface area contributed by atoms with Crippen LogP contribution in [0.2, 0.25) is 0 Å². The summed E-state index contributed by atoms with van der Waals surface area (Å²) < 4.78 is 19.8. The molecule has 1 aromatic heterocycles. The van der Waals surface area contributed by atoms with Crippen molar-refractivity contribution in [2.75, 3.05) is 23.3 Å². The number of carboxylic acids is 1. The van der Waals surface area contributed by atoms with Gasteiger partial charge in [-0.3, -0.25) is 4.79 Å². The number of hydrogen-bond donors (Lipinski definition) is 2. The molecule has 0 aliphatic carbocycles. The van der Waals surface area contributed by atoms with Crippen LogP contribution in [-0.4, -0.2) is 35.1 Å². The van der Waals surface area contributed by atoms with E-state index in [0.717, 1.165) is 17.2 Å². The first-order chi connectivity index (χ1) is 13.5. The van der Waals surface area contributed by atoms with E-state index in [1.165, 1.54) is 12.1 Å². The molecule has 7 nitrogen and oxygen atoms in total. The molecule has 1 aliphatic rings. The van der Waals surface area contributed by atoms with Crippen molar-refractivity contribution in [3.8, 4) is 0 Å². The predicted molar refractivity (Wildman–Crippen MR) is 101 cm³/mol. The average Bonchev–Trinajstić information content (AvgIpc) is 3.13. The quantitative estimate of drug-likeness (QED) is 0.716. The number of anilines is 2. The fourth-order valence-electron chi connectivity index (χ4n) is 3.31. The van der Waals surface area contributed by atoms with Gasteiger partial charge in [0.05, 0.1) is 11.3 Å². The number of aromatic carboxylic acids is 1. The van der Waals surface area contributed by atoms with Gasteiger partial charge in [0.1, 0.15) is 11.3 Å². The van der Waals surface area contributed by atoms with Crippen LogP contribution in [0.25, 0.3) is 11.1 Å². The van der Waals surface area contributed by atoms with Gasteiger partial charge in [0, 0.05) is 19.0 Å². The van der Waals surface area contributed by atoms with E-state index in [0.29, 0.717) is 31.9 Å². The molecular weight excluding hydrogens is 365 g/mol. The zero-order valence-corrected chi connectivity index (χ0v) is 14.9. The molecule has 0 radical (unpaired) electrons. The van der Waals surface area contributed by atoms with E-state index in [1.54, 1.807) is 0 Å². The van der Waals surface area contributed by atoms with Crippen molar-refractivity contribution in [2.45, 2.75) is 12.8 Å². The van der Waals surface area contributed by atoms with Crippen molar-refractivity contribution in [1.82, 2.24) is 4.98 Å². The number of amides is 1. The van der Waals surface area contributed by atoms with E-state index in [4.69, 9.17) is 9.52 Å². The maximum absolute atomic E-state index is 14.0. The number of piperidine rings is 1. The van der Waals surface area contributed by atoms with Gasteiger partial charge in [-0.25, -0.2) is 9.18 Å². The Kier molecular flexibility index (Phi) is 4.68. The zero-order valence-electron chi connectivity index (χ0n) is 14.9. The monoisotopic (exact) mass is 383 g/mol. The molecule has 28 heavy (non-hydrogen) atoms. The van der Waals surface area contributed by atoms with Crippen LogP contribution in [0, 0.1) is 11.7 Å². The Labute approximate surface area is 159 Å². The third-order valence-corrected chi connectivity index (χ3v) is 4.89. The number of para-hydroxylation sites is 2. The molecule has 0 atom stereocenters. The molecular formula is C20H18FN3O4. The highest BCUT2D eigenvalue weighted by atomic mass is 19.1. The lowest BCUT2D eigenvalue weighted by atomic mass is 9.96. The average molecular weight is 383 g/mol. The third kappa shape index (κ3) is 3.53. The standard InChI is InChI=1S/C20H18FN3O4/c21-14-11-13(19(26)27)5-6-15(14)22-18(25)12-7-9-24(10-8-12)20-23-16-3-1-2-4-17(16)28-20/h1-6,11-12H,7-10H2,(H,22,25)(H,26,27). The lowest BCUT2D eigenvalue weighted by Crippen LogP contribution is -2.38. The molecule has 3 aromatic rings. The van der Waals surface area contributed by atoms with E-state index in [9.17, 15) is 14.0 Å². The van der Waals surface area contributed by atoms with Gasteiger partial charge in [-0.1, -0.05) is 12.1 Å². The lowest BCUT2D eigenvalue weighted by Gasteiger charge is -2.30. The van der Waals surface area contributed by atoms with Crippen LogP contribution < -0.4 is 10.2 Å². The normalized spacial score (nSPS) is 15.0. The summed E-state index contributed by atoms with van der Waals surface area (Å²) in [5.74, 6) is -2.53. The highest BCUT2D eigenvalue weighted by Gasteiger charge is 2.27. The maximum atomic E-state index is 14.0. The Hall–Kier alpha value is -3.42. The molecule has 2 N–H and O–H groups in total. The molecule has 4 rings (SSSR count). The van der Waals surface area contributed by atoms with Gasteiger partial charge in [-0.05, 0) is 43.2 Å². The highest BCUT2D eigenvalue weighted by molar-refractivity contribution is 5.94. The van der Waals surface area contributed by atoms with Crippen LogP contribution in [0.4, 0.5) is 16.1 Å². The van der Waals surface area contributed by atoms with Gasteiger partial charge in [0.25, 0.3) is 6.01 Å². The molecule has 1 saturated heterocycles. The van der Waals surface area contributed by atoms with Gasteiger partial charge >= 0.3 is 5.97 Å². The van der Waals surface area contributed by atoms with Crippen LogP contribution in [0.3, 0.4) is 0 Å². The first kappa shape index (κ1) is 18.0. The molecule has 144 valence electrons. The minimum atomic E-state index is -1.22. The van der Waals surface area contributed by atoms with Gasteiger partial charge in [-0.15, -0.1) is 0 Å². The summed E-state index contributed by atoms with van der Waals surface area (Å²) >= 11 is 0. The van der Waals surface area contributed by atoms with E-state index < -0.39 is 11.8 Å². The number of carboxylic acid groups (broad SMARTS) is 1. The summed E-state index contributed by atoms with van der Waals surface area (Å²) in [5.41, 5.74) is 1.33. The number of halogens is 1.